The van der Waals surface area contributed by atoms with Crippen LogP contribution in [-0.2, 0) is 11.2 Å². The van der Waals surface area contributed by atoms with Gasteiger partial charge in [0.15, 0.2) is 11.9 Å². The van der Waals surface area contributed by atoms with E-state index in [1.165, 1.54) is 0 Å². The van der Waals surface area contributed by atoms with Gasteiger partial charge in [-0.15, -0.1) is 0 Å². The molecular weight excluding hydrogens is 294 g/mol. The summed E-state index contributed by atoms with van der Waals surface area (Å²) >= 11 is 0. The van der Waals surface area contributed by atoms with Gasteiger partial charge in [-0.3, -0.25) is 4.79 Å². The van der Waals surface area contributed by atoms with Crippen molar-refractivity contribution >= 4 is 16.7 Å². The first kappa shape index (κ1) is 15.0. The number of benzene rings is 2. The highest BCUT2D eigenvalue weighted by Gasteiger charge is 2.18. The van der Waals surface area contributed by atoms with E-state index in [0.717, 1.165) is 16.5 Å². The van der Waals surface area contributed by atoms with Gasteiger partial charge < -0.3 is 14.6 Å². The number of rotatable bonds is 5. The number of nitrogens with one attached hydrogen (secondary N) is 1. The molecule has 0 spiro atoms. The first-order valence-electron chi connectivity index (χ1n) is 7.35. The molecule has 1 amide bonds. The Labute approximate surface area is 133 Å². The van der Waals surface area contributed by atoms with Gasteiger partial charge in [-0.25, -0.2) is 0 Å². The number of nitrogens with zero attached hydrogens (tertiary/aromatic N) is 2. The first-order chi connectivity index (χ1) is 11.2. The number of ether oxygens (including phenoxy) is 1. The normalized spacial score (nSPS) is 12.1. The monoisotopic (exact) mass is 311 g/mol. The van der Waals surface area contributed by atoms with Crippen LogP contribution in [0.25, 0.3) is 10.8 Å². The Morgan fingerprint density at radius 2 is 2.04 bits per heavy atom. The van der Waals surface area contributed by atoms with Crippen molar-refractivity contribution < 1.29 is 14.1 Å². The van der Waals surface area contributed by atoms with Crippen LogP contribution in [0.3, 0.4) is 0 Å². The number of fused-ring (bicyclic) bond motifs is 1. The van der Waals surface area contributed by atoms with Crippen LogP contribution in [0.4, 0.5) is 0 Å². The smallest absolute Gasteiger partial charge is 0.267 e. The van der Waals surface area contributed by atoms with Crippen LogP contribution in [0.1, 0.15) is 24.7 Å². The van der Waals surface area contributed by atoms with Gasteiger partial charge in [0.25, 0.3) is 5.89 Å². The molecule has 0 aliphatic carbocycles. The minimum Gasteiger partial charge on any atom is -0.480 e. The van der Waals surface area contributed by atoms with Crippen molar-refractivity contribution in [3.63, 3.8) is 0 Å². The largest absolute Gasteiger partial charge is 0.480 e. The summed E-state index contributed by atoms with van der Waals surface area (Å²) in [4.78, 5) is 15.5. The van der Waals surface area contributed by atoms with E-state index in [1.54, 1.807) is 7.05 Å². The van der Waals surface area contributed by atoms with E-state index in [0.29, 0.717) is 11.7 Å². The van der Waals surface area contributed by atoms with Crippen LogP contribution in [0.5, 0.6) is 5.75 Å². The molecule has 23 heavy (non-hydrogen) atoms. The van der Waals surface area contributed by atoms with Crippen LogP contribution in [0.15, 0.2) is 47.0 Å². The first-order valence-corrected chi connectivity index (χ1v) is 7.35. The lowest BCUT2D eigenvalue weighted by molar-refractivity contribution is -0.120. The van der Waals surface area contributed by atoms with E-state index in [-0.39, 0.29) is 12.3 Å². The standard InChI is InChI=1S/C17H17N3O3/c1-11(17-19-15(20-23-17)10-16(21)18-2)22-14-9-5-7-12-6-3-4-8-13(12)14/h3-9,11H,10H2,1-2H3,(H,18,21)/t11-/m0/s1. The lowest BCUT2D eigenvalue weighted by Crippen LogP contribution is -2.20. The number of carbonyl (C=O) groups is 1. The fraction of sp³-hybridized carbons (Fsp3) is 0.235. The van der Waals surface area contributed by atoms with E-state index in [1.807, 2.05) is 49.4 Å². The highest BCUT2D eigenvalue weighted by Crippen LogP contribution is 2.29. The topological polar surface area (TPSA) is 77.2 Å². The predicted molar refractivity (Wildman–Crippen MR) is 85.1 cm³/mol. The zero-order valence-electron chi connectivity index (χ0n) is 12.9. The van der Waals surface area contributed by atoms with Crippen LogP contribution in [0.2, 0.25) is 0 Å². The molecule has 3 rings (SSSR count). The minimum absolute atomic E-state index is 0.0843. The molecule has 1 N–H and O–H groups in total. The average Bonchev–Trinajstić information content (AvgIpc) is 3.03. The van der Waals surface area contributed by atoms with Crippen LogP contribution >= 0.6 is 0 Å². The van der Waals surface area contributed by atoms with Crippen LogP contribution in [-0.4, -0.2) is 23.1 Å². The summed E-state index contributed by atoms with van der Waals surface area (Å²) in [5.41, 5.74) is 0. The fourth-order valence-electron chi connectivity index (χ4n) is 2.28. The van der Waals surface area contributed by atoms with Crippen molar-refractivity contribution in [3.05, 3.63) is 54.2 Å². The Morgan fingerprint density at radius 1 is 1.26 bits per heavy atom. The lowest BCUT2D eigenvalue weighted by atomic mass is 10.1. The third-order valence-corrected chi connectivity index (χ3v) is 3.48. The molecule has 6 nitrogen and oxygen atoms in total. The van der Waals surface area contributed by atoms with E-state index < -0.39 is 6.10 Å². The van der Waals surface area contributed by atoms with Crippen molar-refractivity contribution in [3.8, 4) is 5.75 Å². The second kappa shape index (κ2) is 6.48. The van der Waals surface area contributed by atoms with Crippen molar-refractivity contribution in [1.82, 2.24) is 15.5 Å². The molecule has 0 bridgehead atoms. The number of aromatic nitrogens is 2. The molecule has 2 aromatic carbocycles. The molecular formula is C17H17N3O3. The summed E-state index contributed by atoms with van der Waals surface area (Å²) in [5, 5.41) is 8.44. The third kappa shape index (κ3) is 3.31. The molecule has 1 atom stereocenters. The van der Waals surface area contributed by atoms with E-state index >= 15 is 0 Å². The quantitative estimate of drug-likeness (QED) is 0.784. The molecule has 3 aromatic rings. The van der Waals surface area contributed by atoms with Crippen molar-refractivity contribution in [2.75, 3.05) is 7.05 Å². The summed E-state index contributed by atoms with van der Waals surface area (Å²) in [6.07, 6.45) is -0.326. The number of hydrogen-bond acceptors (Lipinski definition) is 5. The summed E-state index contributed by atoms with van der Waals surface area (Å²) in [6.45, 7) is 1.83. The Kier molecular flexibility index (Phi) is 4.23. The molecule has 0 aliphatic heterocycles. The number of amides is 1. The molecule has 0 fully saturated rings. The summed E-state index contributed by atoms with van der Waals surface area (Å²) in [6, 6.07) is 13.9. The Hall–Kier alpha value is -2.89. The Morgan fingerprint density at radius 3 is 2.87 bits per heavy atom. The summed E-state index contributed by atoms with van der Waals surface area (Å²) in [7, 11) is 1.57. The Balaban J connectivity index is 1.78. The van der Waals surface area contributed by atoms with Crippen molar-refractivity contribution in [2.24, 2.45) is 0 Å². The van der Waals surface area contributed by atoms with Crippen LogP contribution < -0.4 is 10.1 Å². The fourth-order valence-corrected chi connectivity index (χ4v) is 2.28. The highest BCUT2D eigenvalue weighted by atomic mass is 16.5. The van der Waals surface area contributed by atoms with Crippen molar-refractivity contribution in [1.29, 1.82) is 0 Å². The summed E-state index contributed by atoms with van der Waals surface area (Å²) < 4.78 is 11.2. The second-order valence-corrected chi connectivity index (χ2v) is 5.14. The molecule has 0 radical (unpaired) electrons. The third-order valence-electron chi connectivity index (χ3n) is 3.48. The number of carbonyl (C=O) groups excluding carboxylic acids is 1. The number of likely N-dealkylation sites (N-methyl/N-ethyl adjacent to an activating group) is 1. The van der Waals surface area contributed by atoms with Gasteiger partial charge in [0, 0.05) is 12.4 Å². The molecule has 6 heteroatoms. The molecule has 1 heterocycles. The van der Waals surface area contributed by atoms with E-state index in [2.05, 4.69) is 15.5 Å². The SMILES string of the molecule is CNC(=O)Cc1noc([C@H](C)Oc2cccc3ccccc23)n1. The maximum Gasteiger partial charge on any atom is 0.267 e. The average molecular weight is 311 g/mol. The predicted octanol–water partition coefficient (Wildman–Crippen LogP) is 2.65. The molecule has 1 aromatic heterocycles. The van der Waals surface area contributed by atoms with Gasteiger partial charge in [-0.05, 0) is 18.4 Å². The van der Waals surface area contributed by atoms with Gasteiger partial charge >= 0.3 is 0 Å². The maximum absolute atomic E-state index is 11.3. The molecule has 0 aliphatic rings. The van der Waals surface area contributed by atoms with Gasteiger partial charge in [-0.2, -0.15) is 4.98 Å². The second-order valence-electron chi connectivity index (χ2n) is 5.14. The van der Waals surface area contributed by atoms with Crippen molar-refractivity contribution in [2.45, 2.75) is 19.4 Å². The number of hydrogen-bond donors (Lipinski definition) is 1. The zero-order valence-corrected chi connectivity index (χ0v) is 12.9. The molecule has 0 saturated heterocycles. The van der Waals surface area contributed by atoms with Gasteiger partial charge in [0.05, 0.1) is 6.42 Å². The van der Waals surface area contributed by atoms with Gasteiger partial charge in [-0.1, -0.05) is 41.6 Å². The zero-order chi connectivity index (χ0) is 16.2. The molecule has 0 unspecified atom stereocenters. The van der Waals surface area contributed by atoms with Gasteiger partial charge in [0.2, 0.25) is 5.91 Å². The molecule has 118 valence electrons. The minimum atomic E-state index is -0.410. The van der Waals surface area contributed by atoms with E-state index in [4.69, 9.17) is 9.26 Å². The Bertz CT molecular complexity index is 823. The van der Waals surface area contributed by atoms with Gasteiger partial charge in [0.1, 0.15) is 5.75 Å². The maximum atomic E-state index is 11.3. The summed E-state index contributed by atoms with van der Waals surface area (Å²) in [5.74, 6) is 1.27. The molecule has 0 saturated carbocycles. The highest BCUT2D eigenvalue weighted by molar-refractivity contribution is 5.88. The lowest BCUT2D eigenvalue weighted by Gasteiger charge is -2.12. The van der Waals surface area contributed by atoms with Crippen LogP contribution in [0, 0.1) is 0 Å². The van der Waals surface area contributed by atoms with E-state index in [9.17, 15) is 4.79 Å².